The molecule has 1 amide bonds. The Kier molecular flexibility index (Phi) is 4.35. The van der Waals surface area contributed by atoms with E-state index < -0.39 is 17.6 Å². The first-order valence-electron chi connectivity index (χ1n) is 6.39. The molecule has 0 aliphatic carbocycles. The number of hydrogen-bond donors (Lipinski definition) is 1. The van der Waals surface area contributed by atoms with Crippen LogP contribution in [0.1, 0.15) is 15.9 Å². The van der Waals surface area contributed by atoms with E-state index in [1.807, 2.05) is 0 Å². The molecule has 0 bridgehead atoms. The number of benzene rings is 1. The van der Waals surface area contributed by atoms with Gasteiger partial charge in [0.1, 0.15) is 5.82 Å². The van der Waals surface area contributed by atoms with E-state index in [2.05, 4.69) is 10.3 Å². The molecular formula is C15H14F3N3O. The summed E-state index contributed by atoms with van der Waals surface area (Å²) < 4.78 is 37.4. The number of rotatable bonds is 3. The second kappa shape index (κ2) is 6.05. The van der Waals surface area contributed by atoms with Crippen LogP contribution in [0.25, 0.3) is 0 Å². The van der Waals surface area contributed by atoms with Crippen molar-refractivity contribution < 1.29 is 18.0 Å². The van der Waals surface area contributed by atoms with Crippen LogP contribution in [-0.4, -0.2) is 25.0 Å². The first-order valence-corrected chi connectivity index (χ1v) is 6.39. The SMILES string of the molecule is CN(C)c1cc(C(=O)Nc2ccc(C(F)(F)F)cc2)ccn1. The highest BCUT2D eigenvalue weighted by atomic mass is 19.4. The molecule has 2 rings (SSSR count). The largest absolute Gasteiger partial charge is 0.416 e. The molecule has 0 radical (unpaired) electrons. The number of hydrogen-bond acceptors (Lipinski definition) is 3. The Labute approximate surface area is 125 Å². The second-order valence-electron chi connectivity index (χ2n) is 4.83. The molecule has 22 heavy (non-hydrogen) atoms. The summed E-state index contributed by atoms with van der Waals surface area (Å²) in [4.78, 5) is 17.9. The van der Waals surface area contributed by atoms with E-state index in [9.17, 15) is 18.0 Å². The molecule has 0 unspecified atom stereocenters. The van der Waals surface area contributed by atoms with Crippen molar-refractivity contribution in [2.45, 2.75) is 6.18 Å². The van der Waals surface area contributed by atoms with Crippen LogP contribution in [0, 0.1) is 0 Å². The number of carbonyl (C=O) groups is 1. The Morgan fingerprint density at radius 1 is 1.14 bits per heavy atom. The number of halogens is 3. The molecule has 1 aromatic carbocycles. The third-order valence-electron chi connectivity index (χ3n) is 2.94. The van der Waals surface area contributed by atoms with Crippen molar-refractivity contribution in [1.29, 1.82) is 0 Å². The first-order chi connectivity index (χ1) is 10.3. The number of nitrogens with zero attached hydrogens (tertiary/aromatic N) is 2. The van der Waals surface area contributed by atoms with Crippen molar-refractivity contribution in [3.63, 3.8) is 0 Å². The minimum atomic E-state index is -4.39. The molecule has 1 heterocycles. The van der Waals surface area contributed by atoms with Crippen molar-refractivity contribution in [3.8, 4) is 0 Å². The Balaban J connectivity index is 2.13. The number of nitrogens with one attached hydrogen (secondary N) is 1. The maximum atomic E-state index is 12.5. The lowest BCUT2D eigenvalue weighted by Crippen LogP contribution is -2.15. The lowest BCUT2D eigenvalue weighted by atomic mass is 10.2. The summed E-state index contributed by atoms with van der Waals surface area (Å²) in [5.41, 5.74) is -0.0934. The van der Waals surface area contributed by atoms with E-state index in [-0.39, 0.29) is 0 Å². The summed E-state index contributed by atoms with van der Waals surface area (Å²) in [6, 6.07) is 7.41. The van der Waals surface area contributed by atoms with Crippen LogP contribution >= 0.6 is 0 Å². The van der Waals surface area contributed by atoms with Crippen molar-refractivity contribution in [3.05, 3.63) is 53.7 Å². The number of pyridine rings is 1. The maximum absolute atomic E-state index is 12.5. The van der Waals surface area contributed by atoms with Crippen molar-refractivity contribution >= 4 is 17.4 Å². The zero-order valence-corrected chi connectivity index (χ0v) is 12.0. The monoisotopic (exact) mass is 309 g/mol. The molecule has 0 saturated carbocycles. The van der Waals surface area contributed by atoms with Crippen molar-refractivity contribution in [1.82, 2.24) is 4.98 Å². The number of aromatic nitrogens is 1. The summed E-state index contributed by atoms with van der Waals surface area (Å²) in [5.74, 6) is 0.199. The third-order valence-corrected chi connectivity index (χ3v) is 2.94. The number of anilines is 2. The number of alkyl halides is 3. The quantitative estimate of drug-likeness (QED) is 0.945. The van der Waals surface area contributed by atoms with E-state index in [4.69, 9.17) is 0 Å². The predicted octanol–water partition coefficient (Wildman–Crippen LogP) is 3.42. The number of amides is 1. The second-order valence-corrected chi connectivity index (χ2v) is 4.83. The third kappa shape index (κ3) is 3.75. The molecule has 0 saturated heterocycles. The molecule has 4 nitrogen and oxygen atoms in total. The highest BCUT2D eigenvalue weighted by Crippen LogP contribution is 2.29. The van der Waals surface area contributed by atoms with Gasteiger partial charge in [0.15, 0.2) is 0 Å². The van der Waals surface area contributed by atoms with E-state index >= 15 is 0 Å². The summed E-state index contributed by atoms with van der Waals surface area (Å²) in [6.45, 7) is 0. The van der Waals surface area contributed by atoms with Crippen LogP contribution in [-0.2, 0) is 6.18 Å². The predicted molar refractivity (Wildman–Crippen MR) is 78.0 cm³/mol. The molecule has 0 atom stereocenters. The van der Waals surface area contributed by atoms with Gasteiger partial charge in [0.05, 0.1) is 5.56 Å². The smallest absolute Gasteiger partial charge is 0.363 e. The van der Waals surface area contributed by atoms with Gasteiger partial charge in [-0.2, -0.15) is 13.2 Å². The Hall–Kier alpha value is -2.57. The summed E-state index contributed by atoms with van der Waals surface area (Å²) in [7, 11) is 3.58. The maximum Gasteiger partial charge on any atom is 0.416 e. The summed E-state index contributed by atoms with van der Waals surface area (Å²) in [5, 5.41) is 2.55. The van der Waals surface area contributed by atoms with Gasteiger partial charge in [0, 0.05) is 31.5 Å². The van der Waals surface area contributed by atoms with Crippen LogP contribution in [0.15, 0.2) is 42.6 Å². The Morgan fingerprint density at radius 2 is 1.77 bits per heavy atom. The average Bonchev–Trinajstić information content (AvgIpc) is 2.47. The summed E-state index contributed by atoms with van der Waals surface area (Å²) in [6.07, 6.45) is -2.90. The standard InChI is InChI=1S/C15H14F3N3O/c1-21(2)13-9-10(7-8-19-13)14(22)20-12-5-3-11(4-6-12)15(16,17)18/h3-9H,1-2H3,(H,20,22). The van der Waals surface area contributed by atoms with Gasteiger partial charge in [-0.15, -0.1) is 0 Å². The van der Waals surface area contributed by atoms with Gasteiger partial charge in [0.25, 0.3) is 5.91 Å². The molecule has 1 aromatic heterocycles. The fourth-order valence-electron chi connectivity index (χ4n) is 1.75. The van der Waals surface area contributed by atoms with E-state index in [0.717, 1.165) is 12.1 Å². The molecule has 7 heteroatoms. The Morgan fingerprint density at radius 3 is 2.32 bits per heavy atom. The molecule has 0 aliphatic rings. The number of carbonyl (C=O) groups excluding carboxylic acids is 1. The van der Waals surface area contributed by atoms with Gasteiger partial charge in [-0.3, -0.25) is 4.79 Å². The topological polar surface area (TPSA) is 45.2 Å². The molecule has 1 N–H and O–H groups in total. The minimum Gasteiger partial charge on any atom is -0.363 e. The van der Waals surface area contributed by atoms with E-state index in [1.54, 1.807) is 25.1 Å². The summed E-state index contributed by atoms with van der Waals surface area (Å²) >= 11 is 0. The molecule has 2 aromatic rings. The van der Waals surface area contributed by atoms with Gasteiger partial charge >= 0.3 is 6.18 Å². The lowest BCUT2D eigenvalue weighted by molar-refractivity contribution is -0.137. The van der Waals surface area contributed by atoms with E-state index in [1.165, 1.54) is 24.4 Å². The molecule has 0 spiro atoms. The van der Waals surface area contributed by atoms with Gasteiger partial charge in [-0.25, -0.2) is 4.98 Å². The molecule has 0 fully saturated rings. The molecule has 0 aliphatic heterocycles. The lowest BCUT2D eigenvalue weighted by Gasteiger charge is -2.12. The highest BCUT2D eigenvalue weighted by molar-refractivity contribution is 6.04. The van der Waals surface area contributed by atoms with Gasteiger partial charge < -0.3 is 10.2 Å². The van der Waals surface area contributed by atoms with Gasteiger partial charge in [0.2, 0.25) is 0 Å². The molecule has 116 valence electrons. The van der Waals surface area contributed by atoms with Crippen LogP contribution < -0.4 is 10.2 Å². The zero-order chi connectivity index (χ0) is 16.3. The highest BCUT2D eigenvalue weighted by Gasteiger charge is 2.29. The van der Waals surface area contributed by atoms with Gasteiger partial charge in [-0.1, -0.05) is 0 Å². The van der Waals surface area contributed by atoms with Crippen LogP contribution in [0.3, 0.4) is 0 Å². The van der Waals surface area contributed by atoms with Gasteiger partial charge in [-0.05, 0) is 36.4 Å². The van der Waals surface area contributed by atoms with Crippen LogP contribution in [0.5, 0.6) is 0 Å². The molecular weight excluding hydrogens is 295 g/mol. The van der Waals surface area contributed by atoms with Crippen molar-refractivity contribution in [2.75, 3.05) is 24.3 Å². The van der Waals surface area contributed by atoms with Crippen LogP contribution in [0.4, 0.5) is 24.7 Å². The first kappa shape index (κ1) is 15.8. The Bertz CT molecular complexity index is 666. The zero-order valence-electron chi connectivity index (χ0n) is 12.0. The minimum absolute atomic E-state index is 0.293. The normalized spacial score (nSPS) is 11.1. The fourth-order valence-corrected chi connectivity index (χ4v) is 1.75. The van der Waals surface area contributed by atoms with Crippen LogP contribution in [0.2, 0.25) is 0 Å². The average molecular weight is 309 g/mol. The van der Waals surface area contributed by atoms with Crippen molar-refractivity contribution in [2.24, 2.45) is 0 Å². The van der Waals surface area contributed by atoms with E-state index in [0.29, 0.717) is 17.1 Å². The fraction of sp³-hybridized carbons (Fsp3) is 0.200.